The fraction of sp³-hybridized carbons (Fsp3) is 0.400. The summed E-state index contributed by atoms with van der Waals surface area (Å²) in [5, 5.41) is 3.37. The highest BCUT2D eigenvalue weighted by Crippen LogP contribution is 2.23. The Morgan fingerprint density at radius 3 is 2.90 bits per heavy atom. The van der Waals surface area contributed by atoms with Gasteiger partial charge in [-0.1, -0.05) is 22.0 Å². The highest BCUT2D eigenvalue weighted by Gasteiger charge is 2.09. The van der Waals surface area contributed by atoms with E-state index in [1.807, 2.05) is 19.2 Å². The minimum atomic E-state index is 0.753. The Morgan fingerprint density at radius 1 is 1.35 bits per heavy atom. The van der Waals surface area contributed by atoms with E-state index in [9.17, 15) is 0 Å². The molecule has 4 nitrogen and oxygen atoms in total. The van der Waals surface area contributed by atoms with Gasteiger partial charge in [-0.05, 0) is 38.0 Å². The number of aryl methyl sites for hydroxylation is 2. The molecule has 0 amide bonds. The zero-order valence-corrected chi connectivity index (χ0v) is 13.7. The third-order valence-electron chi connectivity index (χ3n) is 3.07. The Labute approximate surface area is 128 Å². The normalized spacial score (nSPS) is 10.8. The smallest absolute Gasteiger partial charge is 0.207 e. The number of anilines is 1. The Morgan fingerprint density at radius 2 is 2.15 bits per heavy atom. The molecule has 1 heterocycles. The van der Waals surface area contributed by atoms with Crippen LogP contribution in [0.4, 0.5) is 5.95 Å². The number of hydrogen-bond acceptors (Lipinski definition) is 3. The van der Waals surface area contributed by atoms with E-state index in [0.29, 0.717) is 0 Å². The monoisotopic (exact) mass is 337 g/mol. The van der Waals surface area contributed by atoms with Crippen LogP contribution < -0.4 is 5.32 Å². The maximum atomic E-state index is 5.06. The van der Waals surface area contributed by atoms with Gasteiger partial charge in [0.05, 0.1) is 11.4 Å². The van der Waals surface area contributed by atoms with E-state index >= 15 is 0 Å². The lowest BCUT2D eigenvalue weighted by atomic mass is 10.2. The van der Waals surface area contributed by atoms with Crippen LogP contribution in [-0.4, -0.2) is 29.8 Å². The highest BCUT2D eigenvalue weighted by atomic mass is 79.9. The Bertz CT molecular complexity index is 580. The molecule has 0 atom stereocenters. The summed E-state index contributed by atoms with van der Waals surface area (Å²) in [6, 6.07) is 6.26. The van der Waals surface area contributed by atoms with Gasteiger partial charge in [0.2, 0.25) is 5.95 Å². The van der Waals surface area contributed by atoms with Gasteiger partial charge in [-0.25, -0.2) is 4.98 Å². The van der Waals surface area contributed by atoms with Crippen molar-refractivity contribution in [2.24, 2.45) is 0 Å². The topological polar surface area (TPSA) is 39.1 Å². The van der Waals surface area contributed by atoms with Crippen LogP contribution in [0.3, 0.4) is 0 Å². The fourth-order valence-electron chi connectivity index (χ4n) is 2.06. The van der Waals surface area contributed by atoms with Crippen molar-refractivity contribution in [1.29, 1.82) is 0 Å². The van der Waals surface area contributed by atoms with Crippen LogP contribution in [-0.2, 0) is 4.74 Å². The molecule has 2 aromatic rings. The molecule has 1 aromatic carbocycles. The molecule has 0 fully saturated rings. The number of aromatic nitrogens is 2. The molecule has 0 radical (unpaired) electrons. The molecule has 0 saturated heterocycles. The average Bonchev–Trinajstić information content (AvgIpc) is 2.78. The summed E-state index contributed by atoms with van der Waals surface area (Å²) in [5.41, 5.74) is 3.35. The lowest BCUT2D eigenvalue weighted by molar-refractivity contribution is 0.197. The summed E-state index contributed by atoms with van der Waals surface area (Å²) in [4.78, 5) is 4.55. The lowest BCUT2D eigenvalue weighted by Crippen LogP contribution is -2.10. The molecule has 1 aromatic heterocycles. The fourth-order valence-corrected chi connectivity index (χ4v) is 2.41. The van der Waals surface area contributed by atoms with E-state index in [-0.39, 0.29) is 0 Å². The molecule has 0 spiro atoms. The molecular weight excluding hydrogens is 318 g/mol. The van der Waals surface area contributed by atoms with Crippen molar-refractivity contribution in [3.63, 3.8) is 0 Å². The number of hydrogen-bond donors (Lipinski definition) is 1. The summed E-state index contributed by atoms with van der Waals surface area (Å²) >= 11 is 3.53. The summed E-state index contributed by atoms with van der Waals surface area (Å²) in [6.07, 6.45) is 3.01. The first kappa shape index (κ1) is 15.1. The Balaban J connectivity index is 2.25. The number of benzene rings is 1. The van der Waals surface area contributed by atoms with E-state index in [4.69, 9.17) is 4.74 Å². The van der Waals surface area contributed by atoms with Gasteiger partial charge in [0.15, 0.2) is 0 Å². The third kappa shape index (κ3) is 3.61. The first-order chi connectivity index (χ1) is 9.61. The quantitative estimate of drug-likeness (QED) is 0.817. The number of methoxy groups -OCH3 is 1. The van der Waals surface area contributed by atoms with Crippen LogP contribution >= 0.6 is 15.9 Å². The second-order valence-corrected chi connectivity index (χ2v) is 5.70. The van der Waals surface area contributed by atoms with Crippen molar-refractivity contribution >= 4 is 21.9 Å². The van der Waals surface area contributed by atoms with Crippen molar-refractivity contribution in [3.05, 3.63) is 40.1 Å². The van der Waals surface area contributed by atoms with E-state index in [2.05, 4.69) is 49.9 Å². The molecule has 1 N–H and O–H groups in total. The predicted octanol–water partition coefficient (Wildman–Crippen LogP) is 3.70. The molecule has 5 heteroatoms. The molecule has 0 unspecified atom stereocenters. The number of halogens is 1. The van der Waals surface area contributed by atoms with Crippen LogP contribution in [0.5, 0.6) is 0 Å². The van der Waals surface area contributed by atoms with E-state index in [1.54, 1.807) is 7.11 Å². The number of nitrogens with zero attached hydrogens (tertiary/aromatic N) is 2. The summed E-state index contributed by atoms with van der Waals surface area (Å²) in [5.74, 6) is 0.875. The number of imidazole rings is 1. The van der Waals surface area contributed by atoms with Crippen LogP contribution in [0.1, 0.15) is 17.7 Å². The van der Waals surface area contributed by atoms with Crippen LogP contribution in [0.2, 0.25) is 0 Å². The molecule has 0 aliphatic carbocycles. The summed E-state index contributed by atoms with van der Waals surface area (Å²) < 4.78 is 8.23. The van der Waals surface area contributed by atoms with Crippen molar-refractivity contribution in [2.45, 2.75) is 20.3 Å². The van der Waals surface area contributed by atoms with Crippen LogP contribution in [0.15, 0.2) is 28.9 Å². The van der Waals surface area contributed by atoms with E-state index in [0.717, 1.165) is 41.4 Å². The highest BCUT2D eigenvalue weighted by molar-refractivity contribution is 9.10. The van der Waals surface area contributed by atoms with E-state index < -0.39 is 0 Å². The molecule has 0 aliphatic rings. The maximum absolute atomic E-state index is 5.06. The third-order valence-corrected chi connectivity index (χ3v) is 3.56. The summed E-state index contributed by atoms with van der Waals surface area (Å²) in [7, 11) is 1.72. The van der Waals surface area contributed by atoms with Gasteiger partial charge < -0.3 is 10.1 Å². The Kier molecular flexibility index (Phi) is 5.20. The minimum Gasteiger partial charge on any atom is -0.385 e. The van der Waals surface area contributed by atoms with Gasteiger partial charge >= 0.3 is 0 Å². The molecule has 20 heavy (non-hydrogen) atoms. The zero-order chi connectivity index (χ0) is 14.5. The van der Waals surface area contributed by atoms with Crippen molar-refractivity contribution in [2.75, 3.05) is 25.6 Å². The SMILES string of the molecule is COCCCNc1nc(C)cn1-c1cc(Br)ccc1C. The molecule has 0 bridgehead atoms. The van der Waals surface area contributed by atoms with Gasteiger partial charge in [-0.15, -0.1) is 0 Å². The van der Waals surface area contributed by atoms with Gasteiger partial charge in [-0.2, -0.15) is 0 Å². The molecule has 0 saturated carbocycles. The van der Waals surface area contributed by atoms with Gasteiger partial charge in [0.1, 0.15) is 0 Å². The van der Waals surface area contributed by atoms with Gasteiger partial charge in [0, 0.05) is 30.9 Å². The summed E-state index contributed by atoms with van der Waals surface area (Å²) in [6.45, 7) is 5.70. The first-order valence-electron chi connectivity index (χ1n) is 6.67. The number of ether oxygens (including phenoxy) is 1. The van der Waals surface area contributed by atoms with Crippen molar-refractivity contribution in [1.82, 2.24) is 9.55 Å². The second kappa shape index (κ2) is 6.90. The van der Waals surface area contributed by atoms with Crippen LogP contribution in [0, 0.1) is 13.8 Å². The lowest BCUT2D eigenvalue weighted by Gasteiger charge is -2.12. The largest absolute Gasteiger partial charge is 0.385 e. The second-order valence-electron chi connectivity index (χ2n) is 4.78. The van der Waals surface area contributed by atoms with Crippen LogP contribution in [0.25, 0.3) is 5.69 Å². The maximum Gasteiger partial charge on any atom is 0.207 e. The van der Waals surface area contributed by atoms with Gasteiger partial charge in [0.25, 0.3) is 0 Å². The van der Waals surface area contributed by atoms with E-state index in [1.165, 1.54) is 5.56 Å². The van der Waals surface area contributed by atoms with Crippen molar-refractivity contribution < 1.29 is 4.74 Å². The number of rotatable bonds is 6. The van der Waals surface area contributed by atoms with Gasteiger partial charge in [-0.3, -0.25) is 4.57 Å². The standard InChI is InChI=1S/C15H20BrN3O/c1-11-5-6-13(16)9-14(11)19-10-12(2)18-15(19)17-7-4-8-20-3/h5-6,9-10H,4,7-8H2,1-3H3,(H,17,18). The molecule has 2 rings (SSSR count). The first-order valence-corrected chi connectivity index (χ1v) is 7.46. The number of nitrogens with one attached hydrogen (secondary N) is 1. The minimum absolute atomic E-state index is 0.753. The zero-order valence-electron chi connectivity index (χ0n) is 12.1. The molecule has 0 aliphatic heterocycles. The molecular formula is C15H20BrN3O. The Hall–Kier alpha value is -1.33. The average molecular weight is 338 g/mol. The predicted molar refractivity (Wildman–Crippen MR) is 85.7 cm³/mol. The van der Waals surface area contributed by atoms with Crippen molar-refractivity contribution in [3.8, 4) is 5.69 Å². The molecule has 108 valence electrons.